The SMILES string of the molecule is Cc1cc(NCCN(C(C)C)C(C)C)nc(/N=C(\N)Nc2ccc(Cl)c(Cl)c2)n1. The zero-order valence-electron chi connectivity index (χ0n) is 17.5. The van der Waals surface area contributed by atoms with Crippen molar-refractivity contribution < 1.29 is 0 Å². The number of halogens is 2. The van der Waals surface area contributed by atoms with E-state index in [1.54, 1.807) is 18.2 Å². The smallest absolute Gasteiger partial charge is 0.254 e. The molecule has 1 aromatic carbocycles. The molecule has 0 aliphatic carbocycles. The van der Waals surface area contributed by atoms with Crippen LogP contribution in [0.25, 0.3) is 0 Å². The third-order valence-electron chi connectivity index (χ3n) is 4.26. The van der Waals surface area contributed by atoms with Crippen LogP contribution in [0.3, 0.4) is 0 Å². The summed E-state index contributed by atoms with van der Waals surface area (Å²) in [4.78, 5) is 15.4. The molecule has 0 saturated carbocycles. The molecule has 1 aromatic heterocycles. The van der Waals surface area contributed by atoms with Gasteiger partial charge in [-0.15, -0.1) is 0 Å². The number of nitrogens with two attached hydrogens (primary N) is 1. The van der Waals surface area contributed by atoms with E-state index in [4.69, 9.17) is 28.9 Å². The number of nitrogens with one attached hydrogen (secondary N) is 2. The molecule has 2 rings (SSSR count). The zero-order chi connectivity index (χ0) is 21.6. The number of aliphatic imine (C=N–C) groups is 1. The van der Waals surface area contributed by atoms with Gasteiger partial charge < -0.3 is 16.4 Å². The molecule has 9 heteroatoms. The topological polar surface area (TPSA) is 91.5 Å². The van der Waals surface area contributed by atoms with Crippen molar-refractivity contribution in [3.8, 4) is 0 Å². The van der Waals surface area contributed by atoms with Crippen LogP contribution in [0.1, 0.15) is 33.4 Å². The summed E-state index contributed by atoms with van der Waals surface area (Å²) in [5.74, 6) is 1.15. The molecule has 0 unspecified atom stereocenters. The average molecular weight is 438 g/mol. The molecule has 0 atom stereocenters. The van der Waals surface area contributed by atoms with E-state index >= 15 is 0 Å². The molecule has 0 spiro atoms. The maximum atomic E-state index is 6.02. The van der Waals surface area contributed by atoms with Gasteiger partial charge in [-0.1, -0.05) is 23.2 Å². The largest absolute Gasteiger partial charge is 0.369 e. The first-order chi connectivity index (χ1) is 13.7. The Labute approximate surface area is 182 Å². The van der Waals surface area contributed by atoms with E-state index in [1.165, 1.54) is 0 Å². The normalized spacial score (nSPS) is 12.1. The van der Waals surface area contributed by atoms with E-state index in [-0.39, 0.29) is 11.9 Å². The number of anilines is 2. The number of rotatable bonds is 8. The summed E-state index contributed by atoms with van der Waals surface area (Å²) in [5.41, 5.74) is 7.46. The second-order valence-corrected chi connectivity index (χ2v) is 8.11. The van der Waals surface area contributed by atoms with E-state index in [0.29, 0.717) is 33.6 Å². The Morgan fingerprint density at radius 2 is 1.79 bits per heavy atom. The first-order valence-corrected chi connectivity index (χ1v) is 10.3. The summed E-state index contributed by atoms with van der Waals surface area (Å²) in [7, 11) is 0. The van der Waals surface area contributed by atoms with Gasteiger partial charge in [-0.3, -0.25) is 4.90 Å². The Kier molecular flexibility index (Phi) is 8.49. The Bertz CT molecular complexity index is 845. The molecular formula is C20H29Cl2N7. The summed E-state index contributed by atoms with van der Waals surface area (Å²) in [6, 6.07) is 7.97. The lowest BCUT2D eigenvalue weighted by Gasteiger charge is -2.30. The summed E-state index contributed by atoms with van der Waals surface area (Å²) in [6.07, 6.45) is 0. The summed E-state index contributed by atoms with van der Waals surface area (Å²) >= 11 is 11.9. The summed E-state index contributed by atoms with van der Waals surface area (Å²) in [6.45, 7) is 12.4. The molecule has 0 amide bonds. The van der Waals surface area contributed by atoms with Gasteiger partial charge in [0.05, 0.1) is 10.0 Å². The van der Waals surface area contributed by atoms with Crippen molar-refractivity contribution in [2.45, 2.75) is 46.7 Å². The highest BCUT2D eigenvalue weighted by Gasteiger charge is 2.12. The van der Waals surface area contributed by atoms with Gasteiger partial charge in [0.15, 0.2) is 0 Å². The molecule has 0 saturated heterocycles. The maximum Gasteiger partial charge on any atom is 0.254 e. The van der Waals surface area contributed by atoms with Crippen LogP contribution >= 0.6 is 23.2 Å². The molecule has 1 heterocycles. The van der Waals surface area contributed by atoms with Crippen molar-refractivity contribution in [2.75, 3.05) is 23.7 Å². The van der Waals surface area contributed by atoms with Crippen molar-refractivity contribution in [3.05, 3.63) is 40.0 Å². The number of nitrogens with zero attached hydrogens (tertiary/aromatic N) is 4. The van der Waals surface area contributed by atoms with Crippen molar-refractivity contribution >= 4 is 46.6 Å². The highest BCUT2D eigenvalue weighted by atomic mass is 35.5. The van der Waals surface area contributed by atoms with Crippen LogP contribution in [0.4, 0.5) is 17.5 Å². The van der Waals surface area contributed by atoms with Gasteiger partial charge in [-0.05, 0) is 52.8 Å². The molecule has 29 heavy (non-hydrogen) atoms. The molecule has 4 N–H and O–H groups in total. The Morgan fingerprint density at radius 3 is 2.41 bits per heavy atom. The monoisotopic (exact) mass is 437 g/mol. The molecule has 158 valence electrons. The number of aryl methyl sites for hydroxylation is 1. The van der Waals surface area contributed by atoms with Crippen LogP contribution in [-0.4, -0.2) is 46.0 Å². The van der Waals surface area contributed by atoms with E-state index in [1.807, 2.05) is 13.0 Å². The van der Waals surface area contributed by atoms with Crippen LogP contribution < -0.4 is 16.4 Å². The molecule has 2 aromatic rings. The van der Waals surface area contributed by atoms with E-state index in [9.17, 15) is 0 Å². The van der Waals surface area contributed by atoms with Crippen molar-refractivity contribution in [1.29, 1.82) is 0 Å². The number of aromatic nitrogens is 2. The Hall–Kier alpha value is -2.09. The highest BCUT2D eigenvalue weighted by Crippen LogP contribution is 2.25. The molecule has 0 radical (unpaired) electrons. The van der Waals surface area contributed by atoms with Crippen molar-refractivity contribution in [3.63, 3.8) is 0 Å². The number of hydrogen-bond donors (Lipinski definition) is 3. The minimum absolute atomic E-state index is 0.158. The fourth-order valence-electron chi connectivity index (χ4n) is 2.98. The minimum Gasteiger partial charge on any atom is -0.369 e. The number of hydrogen-bond acceptors (Lipinski definition) is 5. The summed E-state index contributed by atoms with van der Waals surface area (Å²) in [5, 5.41) is 7.21. The Morgan fingerprint density at radius 1 is 1.10 bits per heavy atom. The Balaban J connectivity index is 2.05. The van der Waals surface area contributed by atoms with Crippen LogP contribution in [0.5, 0.6) is 0 Å². The van der Waals surface area contributed by atoms with E-state index in [2.05, 4.69) is 58.2 Å². The molecule has 0 fully saturated rings. The van der Waals surface area contributed by atoms with Gasteiger partial charge in [0.1, 0.15) is 5.82 Å². The third-order valence-corrected chi connectivity index (χ3v) is 5.00. The molecule has 0 bridgehead atoms. The van der Waals surface area contributed by atoms with Gasteiger partial charge in [0.2, 0.25) is 5.96 Å². The van der Waals surface area contributed by atoms with Gasteiger partial charge in [0, 0.05) is 42.6 Å². The van der Waals surface area contributed by atoms with Crippen LogP contribution in [-0.2, 0) is 0 Å². The molecule has 7 nitrogen and oxygen atoms in total. The van der Waals surface area contributed by atoms with Crippen molar-refractivity contribution in [2.24, 2.45) is 10.7 Å². The van der Waals surface area contributed by atoms with Crippen molar-refractivity contribution in [1.82, 2.24) is 14.9 Å². The van der Waals surface area contributed by atoms with Gasteiger partial charge >= 0.3 is 0 Å². The van der Waals surface area contributed by atoms with E-state index in [0.717, 1.165) is 18.8 Å². The number of guanidine groups is 1. The fraction of sp³-hybridized carbons (Fsp3) is 0.450. The van der Waals surface area contributed by atoms with Gasteiger partial charge in [-0.2, -0.15) is 9.98 Å². The maximum absolute atomic E-state index is 6.02. The molecule has 0 aliphatic heterocycles. The lowest BCUT2D eigenvalue weighted by molar-refractivity contribution is 0.182. The van der Waals surface area contributed by atoms with E-state index < -0.39 is 0 Å². The summed E-state index contributed by atoms with van der Waals surface area (Å²) < 4.78 is 0. The fourth-order valence-corrected chi connectivity index (χ4v) is 3.27. The van der Waals surface area contributed by atoms with Gasteiger partial charge in [0.25, 0.3) is 5.95 Å². The number of benzene rings is 1. The molecular weight excluding hydrogens is 409 g/mol. The second kappa shape index (κ2) is 10.6. The quantitative estimate of drug-likeness (QED) is 0.410. The van der Waals surface area contributed by atoms with Crippen LogP contribution in [0.15, 0.2) is 29.3 Å². The average Bonchev–Trinajstić information content (AvgIpc) is 2.60. The van der Waals surface area contributed by atoms with Crippen LogP contribution in [0, 0.1) is 6.92 Å². The predicted molar refractivity (Wildman–Crippen MR) is 124 cm³/mol. The molecule has 0 aliphatic rings. The lowest BCUT2D eigenvalue weighted by atomic mass is 10.2. The third kappa shape index (κ3) is 7.34. The lowest BCUT2D eigenvalue weighted by Crippen LogP contribution is -2.40. The first kappa shape index (κ1) is 23.2. The standard InChI is InChI=1S/C20H29Cl2N7/c1-12(2)29(13(3)4)9-8-24-18-10-14(5)25-20(27-18)28-19(23)26-15-6-7-16(21)17(22)11-15/h6-7,10-13H,8-9H2,1-5H3,(H4,23,24,25,26,27,28). The zero-order valence-corrected chi connectivity index (χ0v) is 19.0. The predicted octanol–water partition coefficient (Wildman–Crippen LogP) is 4.68. The first-order valence-electron chi connectivity index (χ1n) is 9.57. The van der Waals surface area contributed by atoms with Gasteiger partial charge in [-0.25, -0.2) is 4.98 Å². The highest BCUT2D eigenvalue weighted by molar-refractivity contribution is 6.42. The van der Waals surface area contributed by atoms with Crippen LogP contribution in [0.2, 0.25) is 10.0 Å². The minimum atomic E-state index is 0.158. The second-order valence-electron chi connectivity index (χ2n) is 7.30.